The number of hydrogen-bond acceptors (Lipinski definition) is 6. The van der Waals surface area contributed by atoms with Crippen molar-refractivity contribution in [2.24, 2.45) is 0 Å². The van der Waals surface area contributed by atoms with Crippen molar-refractivity contribution in [1.29, 1.82) is 0 Å². The quantitative estimate of drug-likeness (QED) is 0.517. The first-order chi connectivity index (χ1) is 15.2. The molecule has 3 aromatic heterocycles. The number of aromatic nitrogens is 5. The highest BCUT2D eigenvalue weighted by atomic mass is 16.5. The summed E-state index contributed by atoms with van der Waals surface area (Å²) in [7, 11) is 1.67. The fourth-order valence-electron chi connectivity index (χ4n) is 4.13. The molecule has 7 heteroatoms. The van der Waals surface area contributed by atoms with Gasteiger partial charge in [0.15, 0.2) is 0 Å². The smallest absolute Gasteiger partial charge is 0.227 e. The van der Waals surface area contributed by atoms with E-state index >= 15 is 0 Å². The van der Waals surface area contributed by atoms with E-state index in [0.29, 0.717) is 5.95 Å². The Bertz CT molecular complexity index is 1200. The van der Waals surface area contributed by atoms with Crippen LogP contribution in [-0.2, 0) is 6.42 Å². The molecule has 0 bridgehead atoms. The van der Waals surface area contributed by atoms with Gasteiger partial charge in [-0.15, -0.1) is 0 Å². The number of benzene rings is 1. The number of nitrogens with one attached hydrogen (secondary N) is 1. The van der Waals surface area contributed by atoms with Gasteiger partial charge in [-0.1, -0.05) is 6.07 Å². The third-order valence-corrected chi connectivity index (χ3v) is 5.64. The number of aryl methyl sites for hydroxylation is 2. The van der Waals surface area contributed by atoms with E-state index in [1.165, 1.54) is 5.56 Å². The van der Waals surface area contributed by atoms with Crippen molar-refractivity contribution < 1.29 is 4.74 Å². The molecule has 0 fully saturated rings. The molecular formula is C24H24N6O. The predicted molar refractivity (Wildman–Crippen MR) is 119 cm³/mol. The van der Waals surface area contributed by atoms with Crippen LogP contribution in [0.25, 0.3) is 5.69 Å². The van der Waals surface area contributed by atoms with Gasteiger partial charge in [-0.2, -0.15) is 0 Å². The Hall–Kier alpha value is -3.74. The van der Waals surface area contributed by atoms with Crippen molar-refractivity contribution in [3.05, 3.63) is 84.0 Å². The second kappa shape index (κ2) is 8.18. The molecule has 1 unspecified atom stereocenters. The van der Waals surface area contributed by atoms with Crippen LogP contribution in [0.2, 0.25) is 0 Å². The van der Waals surface area contributed by atoms with Gasteiger partial charge in [-0.25, -0.2) is 15.0 Å². The Kier molecular flexibility index (Phi) is 5.08. The lowest BCUT2D eigenvalue weighted by atomic mass is 9.85. The van der Waals surface area contributed by atoms with Crippen LogP contribution >= 0.6 is 0 Å². The fraction of sp³-hybridized carbons (Fsp3) is 0.250. The van der Waals surface area contributed by atoms with E-state index in [4.69, 9.17) is 9.72 Å². The zero-order chi connectivity index (χ0) is 21.2. The molecule has 1 N–H and O–H groups in total. The summed E-state index contributed by atoms with van der Waals surface area (Å²) in [6, 6.07) is 12.0. The minimum Gasteiger partial charge on any atom is -0.494 e. The molecule has 1 atom stereocenters. The number of methoxy groups -OCH3 is 1. The van der Waals surface area contributed by atoms with Gasteiger partial charge in [0.2, 0.25) is 5.95 Å². The molecule has 7 nitrogen and oxygen atoms in total. The molecular weight excluding hydrogens is 388 g/mol. The zero-order valence-corrected chi connectivity index (χ0v) is 17.6. The Labute approximate surface area is 181 Å². The summed E-state index contributed by atoms with van der Waals surface area (Å²) in [5, 5.41) is 3.34. The maximum absolute atomic E-state index is 5.62. The largest absolute Gasteiger partial charge is 0.494 e. The van der Waals surface area contributed by atoms with Gasteiger partial charge in [0.05, 0.1) is 30.5 Å². The van der Waals surface area contributed by atoms with Crippen LogP contribution in [0.15, 0.2) is 61.3 Å². The van der Waals surface area contributed by atoms with Gasteiger partial charge >= 0.3 is 0 Å². The fourth-order valence-corrected chi connectivity index (χ4v) is 4.13. The number of rotatable bonds is 5. The molecule has 4 aromatic rings. The summed E-state index contributed by atoms with van der Waals surface area (Å²) in [5.74, 6) is 1.52. The SMILES string of the molecule is COc1cc(Nc2ncc3c(n2)C(c2ccccn2)CCC3)ccc1-n1cnc(C)c1. The summed E-state index contributed by atoms with van der Waals surface area (Å²) in [6.07, 6.45) is 10.7. The first-order valence-corrected chi connectivity index (χ1v) is 10.4. The zero-order valence-electron chi connectivity index (χ0n) is 17.6. The predicted octanol–water partition coefficient (Wildman–Crippen LogP) is 4.59. The van der Waals surface area contributed by atoms with Crippen LogP contribution in [0.1, 0.15) is 41.4 Å². The third-order valence-electron chi connectivity index (χ3n) is 5.64. The van der Waals surface area contributed by atoms with Gasteiger partial charge in [-0.05, 0) is 56.0 Å². The lowest BCUT2D eigenvalue weighted by Crippen LogP contribution is -2.16. The highest BCUT2D eigenvalue weighted by molar-refractivity contribution is 5.62. The number of nitrogens with zero attached hydrogens (tertiary/aromatic N) is 5. The standard InChI is InChI=1S/C24H24N6O/c1-16-14-30(15-27-16)21-10-9-18(12-22(21)31-2)28-24-26-13-17-6-5-7-19(23(17)29-24)20-8-3-4-11-25-20/h3-4,8-15,19H,5-7H2,1-2H3,(H,26,28,29). The molecule has 1 aromatic carbocycles. The third kappa shape index (κ3) is 3.86. The highest BCUT2D eigenvalue weighted by Crippen LogP contribution is 2.35. The number of imidazole rings is 1. The van der Waals surface area contributed by atoms with Gasteiger partial charge < -0.3 is 14.6 Å². The minimum atomic E-state index is 0.204. The summed E-state index contributed by atoms with van der Waals surface area (Å²) < 4.78 is 7.56. The van der Waals surface area contributed by atoms with Crippen molar-refractivity contribution in [2.75, 3.05) is 12.4 Å². The maximum atomic E-state index is 5.62. The van der Waals surface area contributed by atoms with Gasteiger partial charge in [0.1, 0.15) is 5.75 Å². The van der Waals surface area contributed by atoms with Crippen molar-refractivity contribution in [3.8, 4) is 11.4 Å². The molecule has 0 amide bonds. The first kappa shape index (κ1) is 19.2. The molecule has 1 aliphatic carbocycles. The number of pyridine rings is 1. The maximum Gasteiger partial charge on any atom is 0.227 e. The molecule has 0 saturated heterocycles. The molecule has 0 spiro atoms. The number of ether oxygens (including phenoxy) is 1. The molecule has 3 heterocycles. The Morgan fingerprint density at radius 1 is 1.13 bits per heavy atom. The van der Waals surface area contributed by atoms with Gasteiger partial charge in [-0.3, -0.25) is 4.98 Å². The average Bonchev–Trinajstić information content (AvgIpc) is 3.25. The van der Waals surface area contributed by atoms with Crippen LogP contribution in [0.3, 0.4) is 0 Å². The molecule has 156 valence electrons. The van der Waals surface area contributed by atoms with Gasteiger partial charge in [0.25, 0.3) is 0 Å². The second-order valence-electron chi connectivity index (χ2n) is 7.74. The van der Waals surface area contributed by atoms with Crippen molar-refractivity contribution in [2.45, 2.75) is 32.1 Å². The van der Waals surface area contributed by atoms with Crippen LogP contribution < -0.4 is 10.1 Å². The van der Waals surface area contributed by atoms with Crippen LogP contribution in [0.5, 0.6) is 5.75 Å². The molecule has 0 radical (unpaired) electrons. The van der Waals surface area contributed by atoms with Crippen molar-refractivity contribution >= 4 is 11.6 Å². The molecule has 0 saturated carbocycles. The normalized spacial score (nSPS) is 15.4. The molecule has 31 heavy (non-hydrogen) atoms. The number of anilines is 2. The Morgan fingerprint density at radius 2 is 2.06 bits per heavy atom. The second-order valence-corrected chi connectivity index (χ2v) is 7.74. The average molecular weight is 412 g/mol. The summed E-state index contributed by atoms with van der Waals surface area (Å²) in [5.41, 5.74) is 6.08. The van der Waals surface area contributed by atoms with Crippen molar-refractivity contribution in [1.82, 2.24) is 24.5 Å². The lowest BCUT2D eigenvalue weighted by molar-refractivity contribution is 0.413. The molecule has 0 aliphatic heterocycles. The van der Waals surface area contributed by atoms with E-state index in [1.54, 1.807) is 13.4 Å². The van der Waals surface area contributed by atoms with Crippen LogP contribution in [0, 0.1) is 6.92 Å². The first-order valence-electron chi connectivity index (χ1n) is 10.4. The lowest BCUT2D eigenvalue weighted by Gasteiger charge is -2.24. The van der Waals surface area contributed by atoms with E-state index in [9.17, 15) is 0 Å². The summed E-state index contributed by atoms with van der Waals surface area (Å²) in [6.45, 7) is 1.96. The minimum absolute atomic E-state index is 0.204. The van der Waals surface area contributed by atoms with Crippen LogP contribution in [0.4, 0.5) is 11.6 Å². The summed E-state index contributed by atoms with van der Waals surface area (Å²) >= 11 is 0. The van der Waals surface area contributed by atoms with E-state index in [2.05, 4.69) is 26.3 Å². The van der Waals surface area contributed by atoms with Gasteiger partial charge in [0, 0.05) is 42.0 Å². The highest BCUT2D eigenvalue weighted by Gasteiger charge is 2.25. The molecule has 5 rings (SSSR count). The van der Waals surface area contributed by atoms with E-state index in [0.717, 1.165) is 53.5 Å². The Balaban J connectivity index is 1.44. The van der Waals surface area contributed by atoms with E-state index < -0.39 is 0 Å². The number of hydrogen-bond donors (Lipinski definition) is 1. The van der Waals surface area contributed by atoms with Crippen LogP contribution in [-0.4, -0.2) is 31.6 Å². The number of fused-ring (bicyclic) bond motifs is 1. The van der Waals surface area contributed by atoms with E-state index in [-0.39, 0.29) is 5.92 Å². The monoisotopic (exact) mass is 412 g/mol. The summed E-state index contributed by atoms with van der Waals surface area (Å²) in [4.78, 5) is 18.3. The molecule has 1 aliphatic rings. The Morgan fingerprint density at radius 3 is 2.84 bits per heavy atom. The van der Waals surface area contributed by atoms with E-state index in [1.807, 2.05) is 60.4 Å². The topological polar surface area (TPSA) is 77.8 Å². The van der Waals surface area contributed by atoms with Crippen molar-refractivity contribution in [3.63, 3.8) is 0 Å².